The minimum atomic E-state index is -0.486. The van der Waals surface area contributed by atoms with Gasteiger partial charge in [0, 0.05) is 16.0 Å². The van der Waals surface area contributed by atoms with Gasteiger partial charge in [0.1, 0.15) is 10.7 Å². The summed E-state index contributed by atoms with van der Waals surface area (Å²) in [5, 5.41) is 1.14. The summed E-state index contributed by atoms with van der Waals surface area (Å²) in [6, 6.07) is 4.51. The Labute approximate surface area is 101 Å². The van der Waals surface area contributed by atoms with E-state index in [2.05, 4.69) is 4.98 Å². The summed E-state index contributed by atoms with van der Waals surface area (Å²) in [5.41, 5.74) is 0.866. The molecule has 0 spiro atoms. The summed E-state index contributed by atoms with van der Waals surface area (Å²) in [6.45, 7) is 0. The van der Waals surface area contributed by atoms with E-state index in [0.29, 0.717) is 16.0 Å². The van der Waals surface area contributed by atoms with E-state index in [1.807, 2.05) is 0 Å². The topological polar surface area (TPSA) is 12.9 Å². The van der Waals surface area contributed by atoms with E-state index in [9.17, 15) is 4.39 Å². The minimum absolute atomic E-state index is 0.207. The van der Waals surface area contributed by atoms with Crippen molar-refractivity contribution in [2.24, 2.45) is 0 Å². The molecule has 0 saturated carbocycles. The van der Waals surface area contributed by atoms with Gasteiger partial charge in [0.2, 0.25) is 0 Å². The van der Waals surface area contributed by atoms with Gasteiger partial charge in [-0.25, -0.2) is 9.37 Å². The Morgan fingerprint density at radius 1 is 1.20 bits per heavy atom. The largest absolute Gasteiger partial charge is 0.233 e. The average Bonchev–Trinajstić information content (AvgIpc) is 2.18. The van der Waals surface area contributed by atoms with Crippen LogP contribution in [-0.2, 0) is 5.88 Å². The molecule has 2 aromatic rings. The first kappa shape index (κ1) is 10.9. The van der Waals surface area contributed by atoms with E-state index in [1.165, 1.54) is 6.07 Å². The maximum absolute atomic E-state index is 13.4. The predicted molar refractivity (Wildman–Crippen MR) is 61.3 cm³/mol. The molecule has 2 rings (SSSR count). The third-order valence-electron chi connectivity index (χ3n) is 2.01. The zero-order valence-corrected chi connectivity index (χ0v) is 9.67. The zero-order valence-electron chi connectivity index (χ0n) is 7.40. The van der Waals surface area contributed by atoms with Gasteiger partial charge in [-0.3, -0.25) is 0 Å². The lowest BCUT2D eigenvalue weighted by Crippen LogP contribution is -1.90. The molecule has 0 aliphatic rings. The van der Waals surface area contributed by atoms with E-state index in [0.717, 1.165) is 0 Å². The summed E-state index contributed by atoms with van der Waals surface area (Å²) >= 11 is 17.2. The number of hydrogen-bond donors (Lipinski definition) is 0. The van der Waals surface area contributed by atoms with Gasteiger partial charge in [-0.15, -0.1) is 11.6 Å². The highest BCUT2D eigenvalue weighted by molar-refractivity contribution is 6.32. The fourth-order valence-electron chi connectivity index (χ4n) is 1.32. The van der Waals surface area contributed by atoms with Crippen molar-refractivity contribution in [2.75, 3.05) is 0 Å². The van der Waals surface area contributed by atoms with Crippen molar-refractivity contribution in [3.8, 4) is 0 Å². The van der Waals surface area contributed by atoms with Crippen molar-refractivity contribution in [3.05, 3.63) is 39.8 Å². The van der Waals surface area contributed by atoms with Gasteiger partial charge in [0.05, 0.1) is 5.88 Å². The Morgan fingerprint density at radius 3 is 2.60 bits per heavy atom. The Kier molecular flexibility index (Phi) is 3.01. The number of fused-ring (bicyclic) bond motifs is 1. The minimum Gasteiger partial charge on any atom is -0.233 e. The number of alkyl halides is 1. The lowest BCUT2D eigenvalue weighted by molar-refractivity contribution is 0.637. The normalized spacial score (nSPS) is 10.9. The van der Waals surface area contributed by atoms with Crippen LogP contribution in [0.3, 0.4) is 0 Å². The first-order valence-corrected chi connectivity index (χ1v) is 5.41. The van der Waals surface area contributed by atoms with Crippen LogP contribution < -0.4 is 0 Å². The molecule has 1 aromatic heterocycles. The standard InChI is InChI=1S/C10H5Cl3FN/c11-4-6-1-5-2-7(12)3-8(14)9(5)15-10(6)13/h1-3H,4H2. The lowest BCUT2D eigenvalue weighted by atomic mass is 10.1. The summed E-state index contributed by atoms with van der Waals surface area (Å²) in [7, 11) is 0. The van der Waals surface area contributed by atoms with Gasteiger partial charge in [-0.1, -0.05) is 23.2 Å². The molecule has 1 aromatic carbocycles. The lowest BCUT2D eigenvalue weighted by Gasteiger charge is -2.04. The molecule has 0 N–H and O–H groups in total. The van der Waals surface area contributed by atoms with Crippen LogP contribution in [-0.4, -0.2) is 4.98 Å². The zero-order chi connectivity index (χ0) is 11.0. The molecule has 0 atom stereocenters. The number of aromatic nitrogens is 1. The molecule has 1 nitrogen and oxygen atoms in total. The van der Waals surface area contributed by atoms with Crippen LogP contribution in [0.4, 0.5) is 4.39 Å². The first-order chi connectivity index (χ1) is 7.11. The molecular weight excluding hydrogens is 259 g/mol. The summed E-state index contributed by atoms with van der Waals surface area (Å²) in [4.78, 5) is 3.93. The van der Waals surface area contributed by atoms with Crippen LogP contribution in [0.2, 0.25) is 10.2 Å². The van der Waals surface area contributed by atoms with E-state index in [1.54, 1.807) is 12.1 Å². The molecule has 0 saturated heterocycles. The smallest absolute Gasteiger partial charge is 0.150 e. The van der Waals surface area contributed by atoms with E-state index in [-0.39, 0.29) is 16.5 Å². The molecule has 0 unspecified atom stereocenters. The monoisotopic (exact) mass is 263 g/mol. The Balaban J connectivity index is 2.81. The second kappa shape index (κ2) is 4.12. The highest BCUT2D eigenvalue weighted by atomic mass is 35.5. The van der Waals surface area contributed by atoms with Crippen LogP contribution in [0, 0.1) is 5.82 Å². The van der Waals surface area contributed by atoms with Gasteiger partial charge >= 0.3 is 0 Å². The number of rotatable bonds is 1. The van der Waals surface area contributed by atoms with Gasteiger partial charge in [-0.05, 0) is 18.2 Å². The van der Waals surface area contributed by atoms with Crippen LogP contribution in [0.15, 0.2) is 18.2 Å². The Bertz CT molecular complexity index is 528. The second-order valence-corrected chi connectivity index (χ2v) is 4.09. The summed E-state index contributed by atoms with van der Waals surface area (Å²) in [6.07, 6.45) is 0. The summed E-state index contributed by atoms with van der Waals surface area (Å²) in [5.74, 6) is -0.254. The highest BCUT2D eigenvalue weighted by Gasteiger charge is 2.08. The molecule has 1 heterocycles. The van der Waals surface area contributed by atoms with Crippen LogP contribution in [0.5, 0.6) is 0 Å². The third-order valence-corrected chi connectivity index (χ3v) is 2.84. The molecule has 0 aliphatic carbocycles. The fraction of sp³-hybridized carbons (Fsp3) is 0.100. The van der Waals surface area contributed by atoms with Gasteiger partial charge in [0.15, 0.2) is 5.82 Å². The fourth-order valence-corrected chi connectivity index (χ4v) is 2.02. The molecule has 78 valence electrons. The van der Waals surface area contributed by atoms with Gasteiger partial charge < -0.3 is 0 Å². The van der Waals surface area contributed by atoms with E-state index >= 15 is 0 Å². The maximum Gasteiger partial charge on any atom is 0.150 e. The van der Waals surface area contributed by atoms with E-state index < -0.39 is 5.82 Å². The summed E-state index contributed by atoms with van der Waals surface area (Å²) < 4.78 is 13.4. The molecule has 15 heavy (non-hydrogen) atoms. The Morgan fingerprint density at radius 2 is 1.93 bits per heavy atom. The van der Waals surface area contributed by atoms with Gasteiger partial charge in [-0.2, -0.15) is 0 Å². The third kappa shape index (κ3) is 2.03. The van der Waals surface area contributed by atoms with Crippen molar-refractivity contribution >= 4 is 45.7 Å². The average molecular weight is 265 g/mol. The molecule has 0 amide bonds. The van der Waals surface area contributed by atoms with Crippen LogP contribution >= 0.6 is 34.8 Å². The number of nitrogens with zero attached hydrogens (tertiary/aromatic N) is 1. The second-order valence-electron chi connectivity index (χ2n) is 3.03. The molecule has 5 heteroatoms. The SMILES string of the molecule is Fc1cc(Cl)cc2cc(CCl)c(Cl)nc12. The Hall–Kier alpha value is -0.570. The molecular formula is C10H5Cl3FN. The first-order valence-electron chi connectivity index (χ1n) is 4.12. The van der Waals surface area contributed by atoms with Gasteiger partial charge in [0.25, 0.3) is 0 Å². The number of hydrogen-bond acceptors (Lipinski definition) is 1. The molecule has 0 bridgehead atoms. The quantitative estimate of drug-likeness (QED) is 0.549. The molecule has 0 fully saturated rings. The predicted octanol–water partition coefficient (Wildman–Crippen LogP) is 4.42. The molecule has 0 radical (unpaired) electrons. The number of halogens is 4. The van der Waals surface area contributed by atoms with Crippen molar-refractivity contribution in [1.29, 1.82) is 0 Å². The van der Waals surface area contributed by atoms with E-state index in [4.69, 9.17) is 34.8 Å². The maximum atomic E-state index is 13.4. The van der Waals surface area contributed by atoms with Crippen LogP contribution in [0.1, 0.15) is 5.56 Å². The van der Waals surface area contributed by atoms with Crippen molar-refractivity contribution in [1.82, 2.24) is 4.98 Å². The number of pyridine rings is 1. The number of benzene rings is 1. The van der Waals surface area contributed by atoms with Crippen molar-refractivity contribution in [2.45, 2.75) is 5.88 Å². The highest BCUT2D eigenvalue weighted by Crippen LogP contribution is 2.26. The molecule has 0 aliphatic heterocycles. The van der Waals surface area contributed by atoms with Crippen molar-refractivity contribution in [3.63, 3.8) is 0 Å². The van der Waals surface area contributed by atoms with Crippen molar-refractivity contribution < 1.29 is 4.39 Å². The van der Waals surface area contributed by atoms with Crippen LogP contribution in [0.25, 0.3) is 10.9 Å².